The smallest absolute Gasteiger partial charge is 0.305 e. The third-order valence-corrected chi connectivity index (χ3v) is 5.20. The molecule has 1 aromatic rings. The van der Waals surface area contributed by atoms with Crippen molar-refractivity contribution in [3.63, 3.8) is 0 Å². The molecule has 2 saturated heterocycles. The maximum Gasteiger partial charge on any atom is 0.305 e. The van der Waals surface area contributed by atoms with E-state index < -0.39 is 12.0 Å². The van der Waals surface area contributed by atoms with Gasteiger partial charge in [-0.25, -0.2) is 0 Å². The van der Waals surface area contributed by atoms with Crippen LogP contribution in [0.25, 0.3) is 0 Å². The summed E-state index contributed by atoms with van der Waals surface area (Å²) in [4.78, 5) is 24.3. The first kappa shape index (κ1) is 13.6. The normalized spacial score (nSPS) is 29.3. The first-order valence-corrected chi connectivity index (χ1v) is 7.83. The Labute approximate surface area is 121 Å². The van der Waals surface area contributed by atoms with Crippen LogP contribution in [0.4, 0.5) is 0 Å². The Balaban J connectivity index is 1.67. The SMILES string of the molecule is O=C(O)CC(NC(=O)C1CC2CCC1N2)c1cccs1. The molecule has 0 spiro atoms. The molecule has 0 aliphatic carbocycles. The molecule has 2 bridgehead atoms. The molecule has 4 unspecified atom stereocenters. The number of nitrogens with one attached hydrogen (secondary N) is 2. The molecule has 0 aromatic carbocycles. The van der Waals surface area contributed by atoms with Crippen LogP contribution in [0.5, 0.6) is 0 Å². The lowest BCUT2D eigenvalue weighted by molar-refractivity contribution is -0.137. The van der Waals surface area contributed by atoms with Crippen LogP contribution < -0.4 is 10.6 Å². The quantitative estimate of drug-likeness (QED) is 0.769. The number of carboxylic acid groups (broad SMARTS) is 1. The first-order chi connectivity index (χ1) is 9.63. The third-order valence-electron chi connectivity index (χ3n) is 4.22. The predicted octanol–water partition coefficient (Wildman–Crippen LogP) is 1.52. The standard InChI is InChI=1S/C14H18N2O3S/c17-13(18)7-11(12-2-1-5-20-12)16-14(19)9-6-8-3-4-10(9)15-8/h1-2,5,8-11,15H,3-4,6-7H2,(H,16,19)(H,17,18). The molecular weight excluding hydrogens is 276 g/mol. The maximum atomic E-state index is 12.4. The molecule has 1 amide bonds. The summed E-state index contributed by atoms with van der Waals surface area (Å²) in [5.41, 5.74) is 0. The highest BCUT2D eigenvalue weighted by atomic mass is 32.1. The highest BCUT2D eigenvalue weighted by Crippen LogP contribution is 2.34. The van der Waals surface area contributed by atoms with Gasteiger partial charge in [0, 0.05) is 17.0 Å². The third kappa shape index (κ3) is 2.71. The lowest BCUT2D eigenvalue weighted by Gasteiger charge is -2.23. The zero-order valence-electron chi connectivity index (χ0n) is 11.0. The molecule has 2 fully saturated rings. The van der Waals surface area contributed by atoms with E-state index in [0.29, 0.717) is 6.04 Å². The summed E-state index contributed by atoms with van der Waals surface area (Å²) in [6, 6.07) is 4.07. The number of hydrogen-bond acceptors (Lipinski definition) is 4. The summed E-state index contributed by atoms with van der Waals surface area (Å²) in [6.07, 6.45) is 3.00. The fourth-order valence-electron chi connectivity index (χ4n) is 3.28. The molecule has 3 N–H and O–H groups in total. The zero-order chi connectivity index (χ0) is 14.1. The monoisotopic (exact) mass is 294 g/mol. The van der Waals surface area contributed by atoms with Crippen molar-refractivity contribution in [2.75, 3.05) is 0 Å². The van der Waals surface area contributed by atoms with Gasteiger partial charge in [0.1, 0.15) is 0 Å². The van der Waals surface area contributed by atoms with Gasteiger partial charge in [-0.1, -0.05) is 6.07 Å². The van der Waals surface area contributed by atoms with Gasteiger partial charge in [-0.3, -0.25) is 9.59 Å². The Morgan fingerprint density at radius 3 is 2.90 bits per heavy atom. The molecule has 2 aliphatic heterocycles. The first-order valence-electron chi connectivity index (χ1n) is 6.95. The minimum Gasteiger partial charge on any atom is -0.481 e. The molecule has 3 heterocycles. The summed E-state index contributed by atoms with van der Waals surface area (Å²) < 4.78 is 0. The van der Waals surface area contributed by atoms with Crippen molar-refractivity contribution in [2.24, 2.45) is 5.92 Å². The number of aliphatic carboxylic acids is 1. The summed E-state index contributed by atoms with van der Waals surface area (Å²) in [5.74, 6) is -0.913. The lowest BCUT2D eigenvalue weighted by Crippen LogP contribution is -2.39. The largest absolute Gasteiger partial charge is 0.481 e. The molecule has 5 nitrogen and oxygen atoms in total. The Morgan fingerprint density at radius 2 is 2.35 bits per heavy atom. The van der Waals surface area contributed by atoms with E-state index in [1.165, 1.54) is 11.3 Å². The van der Waals surface area contributed by atoms with Gasteiger partial charge in [0.05, 0.1) is 18.4 Å². The van der Waals surface area contributed by atoms with Crippen molar-refractivity contribution in [3.05, 3.63) is 22.4 Å². The van der Waals surface area contributed by atoms with E-state index in [2.05, 4.69) is 10.6 Å². The number of carboxylic acids is 1. The molecule has 108 valence electrons. The number of thiophene rings is 1. The minimum absolute atomic E-state index is 0.00925. The van der Waals surface area contributed by atoms with Crippen LogP contribution >= 0.6 is 11.3 Å². The number of carbonyl (C=O) groups excluding carboxylic acids is 1. The van der Waals surface area contributed by atoms with Gasteiger partial charge >= 0.3 is 5.97 Å². The van der Waals surface area contributed by atoms with E-state index in [1.54, 1.807) is 0 Å². The molecule has 0 saturated carbocycles. The average Bonchev–Trinajstić information content (AvgIpc) is 3.14. The predicted molar refractivity (Wildman–Crippen MR) is 75.5 cm³/mol. The van der Waals surface area contributed by atoms with Crippen LogP contribution in [-0.4, -0.2) is 29.1 Å². The maximum absolute atomic E-state index is 12.4. The van der Waals surface area contributed by atoms with E-state index in [0.717, 1.165) is 24.1 Å². The molecular formula is C14H18N2O3S. The van der Waals surface area contributed by atoms with Crippen LogP contribution in [0.15, 0.2) is 17.5 Å². The van der Waals surface area contributed by atoms with Crippen LogP contribution in [0, 0.1) is 5.92 Å². The van der Waals surface area contributed by atoms with E-state index in [1.807, 2.05) is 17.5 Å². The van der Waals surface area contributed by atoms with Crippen molar-refractivity contribution in [2.45, 2.75) is 43.8 Å². The summed E-state index contributed by atoms with van der Waals surface area (Å²) in [7, 11) is 0. The fourth-order valence-corrected chi connectivity index (χ4v) is 4.06. The van der Waals surface area contributed by atoms with Gasteiger partial charge < -0.3 is 15.7 Å². The Kier molecular flexibility index (Phi) is 3.76. The van der Waals surface area contributed by atoms with E-state index >= 15 is 0 Å². The second-order valence-corrected chi connectivity index (χ2v) is 6.54. The van der Waals surface area contributed by atoms with Crippen molar-refractivity contribution in [1.29, 1.82) is 0 Å². The Bertz CT molecular complexity index is 503. The molecule has 20 heavy (non-hydrogen) atoms. The molecule has 6 heteroatoms. The van der Waals surface area contributed by atoms with Crippen molar-refractivity contribution in [3.8, 4) is 0 Å². The highest BCUT2D eigenvalue weighted by molar-refractivity contribution is 7.10. The molecule has 4 atom stereocenters. The number of hydrogen-bond donors (Lipinski definition) is 3. The van der Waals surface area contributed by atoms with Crippen LogP contribution in [0.3, 0.4) is 0 Å². The van der Waals surface area contributed by atoms with Crippen LogP contribution in [0.1, 0.15) is 36.6 Å². The van der Waals surface area contributed by atoms with Crippen LogP contribution in [0.2, 0.25) is 0 Å². The fraction of sp³-hybridized carbons (Fsp3) is 0.571. The van der Waals surface area contributed by atoms with Gasteiger partial charge in [-0.15, -0.1) is 11.3 Å². The van der Waals surface area contributed by atoms with Gasteiger partial charge in [0.15, 0.2) is 0 Å². The summed E-state index contributed by atoms with van der Waals surface area (Å²) in [5, 5.41) is 17.3. The van der Waals surface area contributed by atoms with Crippen molar-refractivity contribution >= 4 is 23.2 Å². The molecule has 3 rings (SSSR count). The number of rotatable bonds is 5. The van der Waals surface area contributed by atoms with Gasteiger partial charge in [-0.2, -0.15) is 0 Å². The van der Waals surface area contributed by atoms with Gasteiger partial charge in [-0.05, 0) is 30.7 Å². The number of amides is 1. The Hall–Kier alpha value is -1.40. The number of carbonyl (C=O) groups is 2. The second kappa shape index (κ2) is 5.54. The van der Waals surface area contributed by atoms with Gasteiger partial charge in [0.2, 0.25) is 5.91 Å². The second-order valence-electron chi connectivity index (χ2n) is 5.56. The van der Waals surface area contributed by atoms with Crippen LogP contribution in [-0.2, 0) is 9.59 Å². The highest BCUT2D eigenvalue weighted by Gasteiger charge is 2.43. The van der Waals surface area contributed by atoms with E-state index in [4.69, 9.17) is 5.11 Å². The summed E-state index contributed by atoms with van der Waals surface area (Å²) >= 11 is 1.48. The molecule has 1 aromatic heterocycles. The van der Waals surface area contributed by atoms with Crippen molar-refractivity contribution in [1.82, 2.24) is 10.6 Å². The average molecular weight is 294 g/mol. The zero-order valence-corrected chi connectivity index (χ0v) is 11.9. The summed E-state index contributed by atoms with van der Waals surface area (Å²) in [6.45, 7) is 0. The van der Waals surface area contributed by atoms with Gasteiger partial charge in [0.25, 0.3) is 0 Å². The van der Waals surface area contributed by atoms with Crippen molar-refractivity contribution < 1.29 is 14.7 Å². The molecule has 0 radical (unpaired) electrons. The Morgan fingerprint density at radius 1 is 1.50 bits per heavy atom. The molecule has 2 aliphatic rings. The number of fused-ring (bicyclic) bond motifs is 2. The van der Waals surface area contributed by atoms with E-state index in [9.17, 15) is 9.59 Å². The lowest BCUT2D eigenvalue weighted by atomic mass is 9.88. The van der Waals surface area contributed by atoms with E-state index in [-0.39, 0.29) is 24.3 Å². The minimum atomic E-state index is -0.894. The topological polar surface area (TPSA) is 78.4 Å².